The van der Waals surface area contributed by atoms with Crippen molar-refractivity contribution in [3.63, 3.8) is 0 Å². The predicted molar refractivity (Wildman–Crippen MR) is 111 cm³/mol. The molecule has 0 bridgehead atoms. The third kappa shape index (κ3) is 6.39. The van der Waals surface area contributed by atoms with Crippen LogP contribution < -0.4 is 0 Å². The summed E-state index contributed by atoms with van der Waals surface area (Å²) in [6.45, 7) is 7.39. The molecule has 0 atom stereocenters. The molecular weight excluding hydrogens is 370 g/mol. The summed E-state index contributed by atoms with van der Waals surface area (Å²) in [5.41, 5.74) is 0.493. The first-order valence-corrected chi connectivity index (χ1v) is 10.9. The molecule has 0 N–H and O–H groups in total. The number of aryl methyl sites for hydroxylation is 1. The van der Waals surface area contributed by atoms with Gasteiger partial charge in [-0.3, -0.25) is 0 Å². The van der Waals surface area contributed by atoms with Gasteiger partial charge in [0.25, 0.3) is 0 Å². The topological polar surface area (TPSA) is 18.5 Å². The molecule has 1 saturated carbocycles. The standard InChI is InChI=1S/C25H32F2O2/c1-3-5-21-16-28-25(29-17-21)13-11-20-14-23(26)22(24(27)15-20)12-10-19-8-6-18(4-2)7-9-19/h4,14-15,18-19,21,25H,2-3,5-9,11,13,16-17H2,1H3. The first kappa shape index (κ1) is 22.0. The van der Waals surface area contributed by atoms with Crippen LogP contribution in [0.25, 0.3) is 0 Å². The van der Waals surface area contributed by atoms with Crippen LogP contribution in [0.1, 0.15) is 63.0 Å². The van der Waals surface area contributed by atoms with Gasteiger partial charge in [0.1, 0.15) is 11.6 Å². The number of halogens is 2. The van der Waals surface area contributed by atoms with E-state index in [4.69, 9.17) is 9.47 Å². The average Bonchev–Trinajstić information content (AvgIpc) is 2.73. The van der Waals surface area contributed by atoms with Gasteiger partial charge in [-0.15, -0.1) is 6.58 Å². The van der Waals surface area contributed by atoms with Crippen molar-refractivity contribution in [2.24, 2.45) is 17.8 Å². The number of rotatable bonds is 6. The van der Waals surface area contributed by atoms with Gasteiger partial charge in [0.2, 0.25) is 0 Å². The van der Waals surface area contributed by atoms with Crippen LogP contribution in [-0.4, -0.2) is 19.5 Å². The molecule has 2 aliphatic rings. The SMILES string of the molecule is C=CC1CCC(C#Cc2c(F)cc(CCC3OCC(CCC)CO3)cc2F)CC1. The van der Waals surface area contributed by atoms with E-state index in [2.05, 4.69) is 25.3 Å². The van der Waals surface area contributed by atoms with Crippen LogP contribution >= 0.6 is 0 Å². The fourth-order valence-corrected chi connectivity index (χ4v) is 4.17. The van der Waals surface area contributed by atoms with Crippen LogP contribution in [-0.2, 0) is 15.9 Å². The molecule has 2 nitrogen and oxygen atoms in total. The van der Waals surface area contributed by atoms with Gasteiger partial charge in [0.05, 0.1) is 18.8 Å². The van der Waals surface area contributed by atoms with Gasteiger partial charge in [0, 0.05) is 18.3 Å². The average molecular weight is 403 g/mol. The van der Waals surface area contributed by atoms with Gasteiger partial charge in [-0.2, -0.15) is 0 Å². The van der Waals surface area contributed by atoms with Gasteiger partial charge in [-0.05, 0) is 62.1 Å². The third-order valence-corrected chi connectivity index (χ3v) is 6.01. The summed E-state index contributed by atoms with van der Waals surface area (Å²) < 4.78 is 40.4. The monoisotopic (exact) mass is 402 g/mol. The molecule has 1 saturated heterocycles. The van der Waals surface area contributed by atoms with E-state index >= 15 is 0 Å². The van der Waals surface area contributed by atoms with Crippen LogP contribution in [0.2, 0.25) is 0 Å². The molecule has 0 aromatic heterocycles. The van der Waals surface area contributed by atoms with Crippen molar-refractivity contribution in [2.45, 2.75) is 64.6 Å². The smallest absolute Gasteiger partial charge is 0.157 e. The largest absolute Gasteiger partial charge is 0.352 e. The first-order valence-electron chi connectivity index (χ1n) is 10.9. The quantitative estimate of drug-likeness (QED) is 0.427. The van der Waals surface area contributed by atoms with E-state index in [1.165, 1.54) is 12.1 Å². The highest BCUT2D eigenvalue weighted by atomic mass is 19.1. The number of benzene rings is 1. The van der Waals surface area contributed by atoms with Crippen LogP contribution in [0, 0.1) is 41.2 Å². The summed E-state index contributed by atoms with van der Waals surface area (Å²) in [6.07, 6.45) is 9.05. The van der Waals surface area contributed by atoms with Crippen molar-refractivity contribution in [1.29, 1.82) is 0 Å². The van der Waals surface area contributed by atoms with Crippen molar-refractivity contribution in [2.75, 3.05) is 13.2 Å². The zero-order valence-electron chi connectivity index (χ0n) is 17.4. The van der Waals surface area contributed by atoms with E-state index in [1.54, 1.807) is 0 Å². The van der Waals surface area contributed by atoms with Gasteiger partial charge in [-0.1, -0.05) is 31.3 Å². The van der Waals surface area contributed by atoms with Crippen molar-refractivity contribution in [3.8, 4) is 11.8 Å². The summed E-state index contributed by atoms with van der Waals surface area (Å²) in [4.78, 5) is 0. The summed E-state index contributed by atoms with van der Waals surface area (Å²) in [6, 6.07) is 2.79. The van der Waals surface area contributed by atoms with Gasteiger partial charge < -0.3 is 9.47 Å². The normalized spacial score (nSPS) is 27.1. The second-order valence-electron chi connectivity index (χ2n) is 8.34. The molecule has 3 rings (SSSR count). The summed E-state index contributed by atoms with van der Waals surface area (Å²) in [7, 11) is 0. The Labute approximate surface area is 173 Å². The molecule has 0 spiro atoms. The highest BCUT2D eigenvalue weighted by Gasteiger charge is 2.22. The Morgan fingerprint density at radius 2 is 1.72 bits per heavy atom. The Balaban J connectivity index is 1.53. The minimum Gasteiger partial charge on any atom is -0.352 e. The van der Waals surface area contributed by atoms with E-state index < -0.39 is 11.6 Å². The molecule has 1 aliphatic carbocycles. The summed E-state index contributed by atoms with van der Waals surface area (Å²) in [5, 5.41) is 0. The van der Waals surface area contributed by atoms with E-state index in [0.29, 0.717) is 43.5 Å². The van der Waals surface area contributed by atoms with Gasteiger partial charge >= 0.3 is 0 Å². The summed E-state index contributed by atoms with van der Waals surface area (Å²) >= 11 is 0. The molecule has 2 fully saturated rings. The molecule has 0 radical (unpaired) electrons. The lowest BCUT2D eigenvalue weighted by atomic mass is 9.82. The van der Waals surface area contributed by atoms with Crippen LogP contribution in [0.15, 0.2) is 24.8 Å². The molecule has 0 amide bonds. The van der Waals surface area contributed by atoms with Crippen molar-refractivity contribution in [3.05, 3.63) is 47.5 Å². The first-order chi connectivity index (χ1) is 14.1. The third-order valence-electron chi connectivity index (χ3n) is 6.01. The fourth-order valence-electron chi connectivity index (χ4n) is 4.17. The minimum atomic E-state index is -0.583. The van der Waals surface area contributed by atoms with Crippen molar-refractivity contribution >= 4 is 0 Å². The van der Waals surface area contributed by atoms with Gasteiger partial charge in [-0.25, -0.2) is 8.78 Å². The molecule has 158 valence electrons. The van der Waals surface area contributed by atoms with E-state index in [1.807, 2.05) is 6.08 Å². The van der Waals surface area contributed by atoms with E-state index in [-0.39, 0.29) is 17.8 Å². The number of hydrogen-bond acceptors (Lipinski definition) is 2. The minimum absolute atomic E-state index is 0.118. The number of allylic oxidation sites excluding steroid dienone is 1. The van der Waals surface area contributed by atoms with Crippen LogP contribution in [0.5, 0.6) is 0 Å². The molecule has 1 aromatic carbocycles. The number of hydrogen-bond donors (Lipinski definition) is 0. The maximum atomic E-state index is 14.5. The predicted octanol–water partition coefficient (Wildman–Crippen LogP) is 6.03. The molecular formula is C25H32F2O2. The Morgan fingerprint density at radius 1 is 1.07 bits per heavy atom. The Hall–Kier alpha value is -1.70. The Morgan fingerprint density at radius 3 is 2.31 bits per heavy atom. The van der Waals surface area contributed by atoms with Crippen molar-refractivity contribution in [1.82, 2.24) is 0 Å². The molecule has 1 aromatic rings. The van der Waals surface area contributed by atoms with Gasteiger partial charge in [0.15, 0.2) is 6.29 Å². The second-order valence-corrected chi connectivity index (χ2v) is 8.34. The Kier molecular flexibility index (Phi) is 8.27. The fraction of sp³-hybridized carbons (Fsp3) is 0.600. The molecule has 0 unspecified atom stereocenters. The molecule has 1 heterocycles. The maximum Gasteiger partial charge on any atom is 0.157 e. The highest BCUT2D eigenvalue weighted by molar-refractivity contribution is 5.39. The van der Waals surface area contributed by atoms with Crippen LogP contribution in [0.3, 0.4) is 0 Å². The van der Waals surface area contributed by atoms with E-state index in [9.17, 15) is 8.78 Å². The maximum absolute atomic E-state index is 14.5. The molecule has 1 aliphatic heterocycles. The second kappa shape index (κ2) is 10.9. The number of ether oxygens (including phenoxy) is 2. The highest BCUT2D eigenvalue weighted by Crippen LogP contribution is 2.29. The molecule has 29 heavy (non-hydrogen) atoms. The lowest BCUT2D eigenvalue weighted by Gasteiger charge is -2.29. The molecule has 4 heteroatoms. The van der Waals surface area contributed by atoms with Crippen molar-refractivity contribution < 1.29 is 18.3 Å². The van der Waals surface area contributed by atoms with E-state index in [0.717, 1.165) is 38.5 Å². The lowest BCUT2D eigenvalue weighted by Crippen LogP contribution is -2.32. The lowest BCUT2D eigenvalue weighted by molar-refractivity contribution is -0.203. The zero-order chi connectivity index (χ0) is 20.6. The van der Waals surface area contributed by atoms with Crippen LogP contribution in [0.4, 0.5) is 8.78 Å². The zero-order valence-corrected chi connectivity index (χ0v) is 17.4. The Bertz CT molecular complexity index is 710. The summed E-state index contributed by atoms with van der Waals surface area (Å²) in [5.74, 6) is 5.89.